The van der Waals surface area contributed by atoms with Gasteiger partial charge in [0.25, 0.3) is 0 Å². The molecule has 1 aliphatic carbocycles. The Morgan fingerprint density at radius 1 is 1.45 bits per heavy atom. The molecule has 1 saturated carbocycles. The van der Waals surface area contributed by atoms with E-state index in [4.69, 9.17) is 34.8 Å². The number of carbonyl (C=O) groups excluding carboxylic acids is 1. The molecule has 0 aromatic carbocycles. The van der Waals surface area contributed by atoms with E-state index in [0.29, 0.717) is 11.6 Å². The third-order valence-corrected chi connectivity index (χ3v) is 4.21. The zero-order valence-electron chi connectivity index (χ0n) is 11.2. The topological polar surface area (TPSA) is 42.0 Å². The molecular formula is C14H15Cl3N2O. The van der Waals surface area contributed by atoms with Gasteiger partial charge in [0.2, 0.25) is 5.91 Å². The maximum Gasteiger partial charge on any atom is 0.224 e. The molecule has 2 unspecified atom stereocenters. The number of pyridine rings is 1. The number of nitrogens with zero attached hydrogens (tertiary/aromatic N) is 1. The molecule has 3 nitrogen and oxygen atoms in total. The average molecular weight is 334 g/mol. The van der Waals surface area contributed by atoms with Crippen LogP contribution in [0.2, 0.25) is 5.02 Å². The summed E-state index contributed by atoms with van der Waals surface area (Å²) in [6.07, 6.45) is 3.29. The van der Waals surface area contributed by atoms with Crippen LogP contribution >= 0.6 is 34.8 Å². The summed E-state index contributed by atoms with van der Waals surface area (Å²) in [5.74, 6) is -0.0458. The minimum absolute atomic E-state index is 0.0115. The molecule has 1 aromatic rings. The van der Waals surface area contributed by atoms with Gasteiger partial charge in [0, 0.05) is 6.20 Å². The summed E-state index contributed by atoms with van der Waals surface area (Å²) in [4.78, 5) is 16.3. The summed E-state index contributed by atoms with van der Waals surface area (Å²) >= 11 is 17.1. The first-order chi connectivity index (χ1) is 9.32. The molecule has 6 heteroatoms. The first kappa shape index (κ1) is 15.6. The summed E-state index contributed by atoms with van der Waals surface area (Å²) in [5.41, 5.74) is 0.649. The molecule has 108 valence electrons. The van der Waals surface area contributed by atoms with Gasteiger partial charge in [-0.2, -0.15) is 0 Å². The second-order valence-corrected chi connectivity index (χ2v) is 6.91. The van der Waals surface area contributed by atoms with Crippen molar-refractivity contribution in [2.75, 3.05) is 0 Å². The molecule has 1 aliphatic rings. The highest BCUT2D eigenvalue weighted by Gasteiger charge is 2.60. The second kappa shape index (κ2) is 5.92. The van der Waals surface area contributed by atoms with Crippen molar-refractivity contribution in [2.45, 2.75) is 20.4 Å². The molecule has 0 spiro atoms. The van der Waals surface area contributed by atoms with Gasteiger partial charge in [-0.1, -0.05) is 48.7 Å². The lowest BCUT2D eigenvalue weighted by molar-refractivity contribution is -0.123. The monoisotopic (exact) mass is 332 g/mol. The van der Waals surface area contributed by atoms with Crippen molar-refractivity contribution in [3.8, 4) is 0 Å². The van der Waals surface area contributed by atoms with Crippen molar-refractivity contribution in [3.05, 3.63) is 39.6 Å². The van der Waals surface area contributed by atoms with E-state index in [1.807, 2.05) is 13.8 Å². The Labute approximate surface area is 133 Å². The minimum atomic E-state index is -0.119. The SMILES string of the molecule is CC1(C)C(C=C(Cl)Cl)C1C(=O)NCc1ccc(Cl)cn1. The smallest absolute Gasteiger partial charge is 0.224 e. The summed E-state index contributed by atoms with van der Waals surface area (Å²) in [6.45, 7) is 4.43. The third-order valence-electron chi connectivity index (χ3n) is 3.73. The van der Waals surface area contributed by atoms with E-state index in [-0.39, 0.29) is 27.6 Å². The summed E-state index contributed by atoms with van der Waals surface area (Å²) in [6, 6.07) is 3.53. The second-order valence-electron chi connectivity index (χ2n) is 5.47. The van der Waals surface area contributed by atoms with Gasteiger partial charge in [0.1, 0.15) is 4.49 Å². The Kier molecular flexibility index (Phi) is 4.62. The van der Waals surface area contributed by atoms with Crippen molar-refractivity contribution in [2.24, 2.45) is 17.3 Å². The minimum Gasteiger partial charge on any atom is -0.350 e. The fraction of sp³-hybridized carbons (Fsp3) is 0.429. The zero-order valence-corrected chi connectivity index (χ0v) is 13.4. The zero-order chi connectivity index (χ0) is 14.9. The van der Waals surface area contributed by atoms with Crippen molar-refractivity contribution in [3.63, 3.8) is 0 Å². The number of nitrogens with one attached hydrogen (secondary N) is 1. The van der Waals surface area contributed by atoms with Crippen LogP contribution in [0.3, 0.4) is 0 Å². The molecule has 2 atom stereocenters. The molecule has 0 bridgehead atoms. The molecule has 1 N–H and O–H groups in total. The Bertz CT molecular complexity index is 536. The van der Waals surface area contributed by atoms with Crippen LogP contribution in [0.4, 0.5) is 0 Å². The average Bonchev–Trinajstić information content (AvgIpc) is 2.89. The van der Waals surface area contributed by atoms with Gasteiger partial charge in [-0.05, 0) is 29.5 Å². The van der Waals surface area contributed by atoms with Gasteiger partial charge in [-0.25, -0.2) is 0 Å². The van der Waals surface area contributed by atoms with Gasteiger partial charge in [-0.15, -0.1) is 0 Å². The molecule has 1 heterocycles. The third kappa shape index (κ3) is 3.46. The van der Waals surface area contributed by atoms with E-state index in [1.165, 1.54) is 0 Å². The van der Waals surface area contributed by atoms with Gasteiger partial charge in [-0.3, -0.25) is 9.78 Å². The Morgan fingerprint density at radius 2 is 2.15 bits per heavy atom. The lowest BCUT2D eigenvalue weighted by atomic mass is 10.1. The van der Waals surface area contributed by atoms with E-state index in [9.17, 15) is 4.79 Å². The lowest BCUT2D eigenvalue weighted by Crippen LogP contribution is -2.26. The number of allylic oxidation sites excluding steroid dienone is 1. The number of rotatable bonds is 4. The van der Waals surface area contributed by atoms with Gasteiger partial charge in [0.05, 0.1) is 23.2 Å². The molecule has 0 radical (unpaired) electrons. The van der Waals surface area contributed by atoms with Crippen LogP contribution in [-0.4, -0.2) is 10.9 Å². The van der Waals surface area contributed by atoms with Gasteiger partial charge in [0.15, 0.2) is 0 Å². The standard InChI is InChI=1S/C14H15Cl3N2O/c1-14(2)10(5-11(16)17)12(14)13(20)19-7-9-4-3-8(15)6-18-9/h3-6,10,12H,7H2,1-2H3,(H,19,20). The van der Waals surface area contributed by atoms with E-state index >= 15 is 0 Å². The van der Waals surface area contributed by atoms with E-state index < -0.39 is 0 Å². The number of hydrogen-bond acceptors (Lipinski definition) is 2. The highest BCUT2D eigenvalue weighted by molar-refractivity contribution is 6.55. The van der Waals surface area contributed by atoms with Gasteiger partial charge < -0.3 is 5.32 Å². The highest BCUT2D eigenvalue weighted by Crippen LogP contribution is 2.59. The summed E-state index contributed by atoms with van der Waals surface area (Å²) < 4.78 is 0.206. The molecular weight excluding hydrogens is 319 g/mol. The van der Waals surface area contributed by atoms with Crippen molar-refractivity contribution in [1.29, 1.82) is 0 Å². The normalized spacial score (nSPS) is 23.1. The summed E-state index contributed by atoms with van der Waals surface area (Å²) in [7, 11) is 0. The maximum atomic E-state index is 12.2. The fourth-order valence-corrected chi connectivity index (χ4v) is 2.81. The van der Waals surface area contributed by atoms with E-state index in [1.54, 1.807) is 24.4 Å². The molecule has 2 rings (SSSR count). The van der Waals surface area contributed by atoms with E-state index in [0.717, 1.165) is 5.69 Å². The van der Waals surface area contributed by atoms with Crippen LogP contribution < -0.4 is 5.32 Å². The number of amides is 1. The molecule has 1 aromatic heterocycles. The summed E-state index contributed by atoms with van der Waals surface area (Å²) in [5, 5.41) is 3.45. The predicted molar refractivity (Wildman–Crippen MR) is 81.6 cm³/mol. The Morgan fingerprint density at radius 3 is 2.70 bits per heavy atom. The quantitative estimate of drug-likeness (QED) is 0.906. The lowest BCUT2D eigenvalue weighted by Gasteiger charge is -2.05. The Hall–Kier alpha value is -0.770. The van der Waals surface area contributed by atoms with Crippen LogP contribution in [0.1, 0.15) is 19.5 Å². The van der Waals surface area contributed by atoms with Crippen LogP contribution in [0.25, 0.3) is 0 Å². The van der Waals surface area contributed by atoms with Crippen LogP contribution in [0.5, 0.6) is 0 Å². The fourth-order valence-electron chi connectivity index (χ4n) is 2.42. The number of halogens is 3. The van der Waals surface area contributed by atoms with Crippen molar-refractivity contribution >= 4 is 40.7 Å². The number of carbonyl (C=O) groups is 1. The molecule has 1 amide bonds. The molecule has 0 aliphatic heterocycles. The largest absolute Gasteiger partial charge is 0.350 e. The maximum absolute atomic E-state index is 12.2. The first-order valence-corrected chi connectivity index (χ1v) is 7.36. The first-order valence-electron chi connectivity index (χ1n) is 6.23. The van der Waals surface area contributed by atoms with Crippen LogP contribution in [-0.2, 0) is 11.3 Å². The van der Waals surface area contributed by atoms with Crippen LogP contribution in [0, 0.1) is 17.3 Å². The Balaban J connectivity index is 1.93. The van der Waals surface area contributed by atoms with Crippen LogP contribution in [0.15, 0.2) is 28.9 Å². The molecule has 0 saturated heterocycles. The van der Waals surface area contributed by atoms with Crippen molar-refractivity contribution < 1.29 is 4.79 Å². The number of hydrogen-bond donors (Lipinski definition) is 1. The molecule has 1 fully saturated rings. The van der Waals surface area contributed by atoms with Gasteiger partial charge >= 0.3 is 0 Å². The molecule has 20 heavy (non-hydrogen) atoms. The van der Waals surface area contributed by atoms with E-state index in [2.05, 4.69) is 10.3 Å². The predicted octanol–water partition coefficient (Wildman–Crippen LogP) is 3.94. The number of aromatic nitrogens is 1. The van der Waals surface area contributed by atoms with Crippen molar-refractivity contribution in [1.82, 2.24) is 10.3 Å². The highest BCUT2D eigenvalue weighted by atomic mass is 35.5.